The molecule has 0 saturated heterocycles. The van der Waals surface area contributed by atoms with Gasteiger partial charge in [-0.25, -0.2) is 0 Å². The van der Waals surface area contributed by atoms with Gasteiger partial charge in [-0.2, -0.15) is 0 Å². The van der Waals surface area contributed by atoms with Crippen molar-refractivity contribution < 1.29 is 19.7 Å². The van der Waals surface area contributed by atoms with Crippen LogP contribution in [0.15, 0.2) is 24.3 Å². The Morgan fingerprint density at radius 2 is 1.68 bits per heavy atom. The summed E-state index contributed by atoms with van der Waals surface area (Å²) in [5, 5.41) is 24.1. The number of rotatable bonds is 5. The molecule has 3 saturated carbocycles. The minimum Gasteiger partial charge on any atom is -0.462 e. The molecule has 0 heterocycles. The zero-order chi connectivity index (χ0) is 25.1. The fraction of sp³-hybridized carbons (Fsp3) is 0.833. The average molecular weight is 473 g/mol. The van der Waals surface area contributed by atoms with E-state index >= 15 is 0 Å². The zero-order valence-electron chi connectivity index (χ0n) is 22.5. The number of fused-ring (bicyclic) bond motifs is 5. The quantitative estimate of drug-likeness (QED) is 0.377. The first-order valence-corrected chi connectivity index (χ1v) is 13.8. The number of carbonyl (C=O) groups excluding carboxylic acids is 1. The Labute approximate surface area is 207 Å². The number of hydrogen-bond donors (Lipinski definition) is 2. The van der Waals surface area contributed by atoms with Gasteiger partial charge in [-0.05, 0) is 73.5 Å². The molecule has 0 aromatic carbocycles. The summed E-state index contributed by atoms with van der Waals surface area (Å²) in [7, 11) is 0. The maximum Gasteiger partial charge on any atom is 0.302 e. The van der Waals surface area contributed by atoms with Crippen molar-refractivity contribution in [3.05, 3.63) is 24.3 Å². The molecule has 10 atom stereocenters. The van der Waals surface area contributed by atoms with Crippen LogP contribution in [-0.4, -0.2) is 33.5 Å². The topological polar surface area (TPSA) is 66.8 Å². The van der Waals surface area contributed by atoms with E-state index in [0.29, 0.717) is 30.1 Å². The number of hydrogen-bond acceptors (Lipinski definition) is 4. The van der Waals surface area contributed by atoms with Crippen molar-refractivity contribution in [1.29, 1.82) is 0 Å². The van der Waals surface area contributed by atoms with E-state index in [1.165, 1.54) is 6.92 Å². The van der Waals surface area contributed by atoms with Gasteiger partial charge in [-0.3, -0.25) is 4.79 Å². The van der Waals surface area contributed by atoms with Gasteiger partial charge in [0.15, 0.2) is 0 Å². The van der Waals surface area contributed by atoms with Crippen LogP contribution in [0.25, 0.3) is 0 Å². The average Bonchev–Trinajstić information content (AvgIpc) is 3.11. The van der Waals surface area contributed by atoms with E-state index in [2.05, 4.69) is 53.7 Å². The Kier molecular flexibility index (Phi) is 6.69. The second kappa shape index (κ2) is 8.76. The minimum absolute atomic E-state index is 0.0249. The lowest BCUT2D eigenvalue weighted by Crippen LogP contribution is -2.67. The maximum absolute atomic E-state index is 12.3. The molecule has 0 spiro atoms. The molecular weight excluding hydrogens is 424 g/mol. The molecule has 4 rings (SSSR count). The summed E-state index contributed by atoms with van der Waals surface area (Å²) >= 11 is 0. The van der Waals surface area contributed by atoms with Gasteiger partial charge in [0.25, 0.3) is 0 Å². The molecule has 2 N–H and O–H groups in total. The summed E-state index contributed by atoms with van der Waals surface area (Å²) in [4.78, 5) is 11.5. The highest BCUT2D eigenvalue weighted by molar-refractivity contribution is 5.66. The molecule has 3 fully saturated rings. The van der Waals surface area contributed by atoms with Crippen molar-refractivity contribution in [3.8, 4) is 0 Å². The lowest BCUT2D eigenvalue weighted by Gasteiger charge is -2.64. The normalized spacial score (nSPS) is 47.7. The molecule has 192 valence electrons. The van der Waals surface area contributed by atoms with Crippen molar-refractivity contribution in [1.82, 2.24) is 0 Å². The molecule has 0 bridgehead atoms. The summed E-state index contributed by atoms with van der Waals surface area (Å²) < 4.78 is 5.49. The lowest BCUT2D eigenvalue weighted by molar-refractivity contribution is -0.223. The molecule has 0 amide bonds. The van der Waals surface area contributed by atoms with Gasteiger partial charge in [0, 0.05) is 24.7 Å². The van der Waals surface area contributed by atoms with E-state index < -0.39 is 16.6 Å². The molecule has 0 aromatic rings. The summed E-state index contributed by atoms with van der Waals surface area (Å²) in [6.07, 6.45) is 14.6. The Morgan fingerprint density at radius 1 is 0.971 bits per heavy atom. The second-order valence-electron chi connectivity index (χ2n) is 13.2. The summed E-state index contributed by atoms with van der Waals surface area (Å²) in [5.41, 5.74) is -2.24. The van der Waals surface area contributed by atoms with Gasteiger partial charge >= 0.3 is 5.97 Å². The van der Waals surface area contributed by atoms with Crippen LogP contribution < -0.4 is 0 Å². The predicted molar refractivity (Wildman–Crippen MR) is 136 cm³/mol. The third-order valence-corrected chi connectivity index (χ3v) is 11.1. The Hall–Kier alpha value is -1.13. The van der Waals surface area contributed by atoms with Crippen LogP contribution in [0.5, 0.6) is 0 Å². The standard InChI is InChI=1S/C30H48O4/c1-19(2)20(3)8-9-21(4)24-10-11-25-27(24,6)14-13-26-28(7)15-12-23(34-22(5)31)18-29(28,32)16-17-30(25,26)33/h8-9,16-17,19-21,23-26,32-33H,10-15,18H2,1-7H3/b9-8+/t20-,21+,23+,24+,25+,26-,27+,28+,29+,30-/m0/s1. The largest absolute Gasteiger partial charge is 0.462 e. The highest BCUT2D eigenvalue weighted by Crippen LogP contribution is 2.69. The number of carbonyl (C=O) groups is 1. The summed E-state index contributed by atoms with van der Waals surface area (Å²) in [6.45, 7) is 15.3. The smallest absolute Gasteiger partial charge is 0.302 e. The van der Waals surface area contributed by atoms with E-state index in [1.54, 1.807) is 0 Å². The monoisotopic (exact) mass is 472 g/mol. The Bertz CT molecular complexity index is 847. The molecule has 0 radical (unpaired) electrons. The third-order valence-electron chi connectivity index (χ3n) is 11.1. The highest BCUT2D eigenvalue weighted by Gasteiger charge is 2.68. The van der Waals surface area contributed by atoms with Gasteiger partial charge in [-0.15, -0.1) is 0 Å². The van der Waals surface area contributed by atoms with Crippen LogP contribution in [0.4, 0.5) is 0 Å². The van der Waals surface area contributed by atoms with E-state index in [1.807, 2.05) is 12.2 Å². The SMILES string of the molecule is CC(=O)O[C@@H]1CC[C@]2(C)[C@@H]3CC[C@]4(C)[C@@H]([C@H](C)/C=C/[C@H](C)C(C)C)CC[C@H]4[C@@]3(O)C=C[C@@]2(O)C1. The highest BCUT2D eigenvalue weighted by atomic mass is 16.5. The first-order chi connectivity index (χ1) is 15.8. The second-order valence-corrected chi connectivity index (χ2v) is 13.2. The van der Waals surface area contributed by atoms with Crippen LogP contribution >= 0.6 is 0 Å². The van der Waals surface area contributed by atoms with Crippen LogP contribution in [0.2, 0.25) is 0 Å². The van der Waals surface area contributed by atoms with E-state index in [-0.39, 0.29) is 29.3 Å². The number of allylic oxidation sites excluding steroid dienone is 2. The van der Waals surface area contributed by atoms with Crippen molar-refractivity contribution in [3.63, 3.8) is 0 Å². The van der Waals surface area contributed by atoms with Gasteiger partial charge < -0.3 is 14.9 Å². The van der Waals surface area contributed by atoms with Crippen LogP contribution in [0, 0.1) is 46.3 Å². The fourth-order valence-electron chi connectivity index (χ4n) is 8.64. The predicted octanol–water partition coefficient (Wildman–Crippen LogP) is 6.07. The van der Waals surface area contributed by atoms with Gasteiger partial charge in [0.05, 0.1) is 11.2 Å². The Balaban J connectivity index is 1.60. The third kappa shape index (κ3) is 3.92. The fourth-order valence-corrected chi connectivity index (χ4v) is 8.64. The van der Waals surface area contributed by atoms with Crippen molar-refractivity contribution in [2.45, 2.75) is 111 Å². The number of ether oxygens (including phenoxy) is 1. The Morgan fingerprint density at radius 3 is 2.32 bits per heavy atom. The molecular formula is C30H48O4. The molecule has 4 aliphatic rings. The van der Waals surface area contributed by atoms with E-state index in [0.717, 1.165) is 38.5 Å². The first-order valence-electron chi connectivity index (χ1n) is 13.8. The molecule has 0 unspecified atom stereocenters. The molecule has 4 aliphatic carbocycles. The van der Waals surface area contributed by atoms with E-state index in [9.17, 15) is 15.0 Å². The molecule has 0 aromatic heterocycles. The van der Waals surface area contributed by atoms with Crippen LogP contribution in [-0.2, 0) is 9.53 Å². The van der Waals surface area contributed by atoms with Crippen molar-refractivity contribution >= 4 is 5.97 Å². The lowest BCUT2D eigenvalue weighted by atomic mass is 9.43. The van der Waals surface area contributed by atoms with Crippen LogP contribution in [0.1, 0.15) is 93.4 Å². The maximum atomic E-state index is 12.3. The number of esters is 1. The zero-order valence-corrected chi connectivity index (χ0v) is 22.5. The molecule has 4 heteroatoms. The molecule has 0 aliphatic heterocycles. The van der Waals surface area contributed by atoms with Crippen LogP contribution in [0.3, 0.4) is 0 Å². The van der Waals surface area contributed by atoms with Gasteiger partial charge in [-0.1, -0.05) is 65.8 Å². The molecule has 4 nitrogen and oxygen atoms in total. The first kappa shape index (κ1) is 25.9. The van der Waals surface area contributed by atoms with Crippen molar-refractivity contribution in [2.75, 3.05) is 0 Å². The minimum atomic E-state index is -1.04. The summed E-state index contributed by atoms with van der Waals surface area (Å²) in [5.74, 6) is 2.24. The summed E-state index contributed by atoms with van der Waals surface area (Å²) in [6, 6.07) is 0. The molecule has 34 heavy (non-hydrogen) atoms. The van der Waals surface area contributed by atoms with Crippen molar-refractivity contribution in [2.24, 2.45) is 46.3 Å². The number of aliphatic hydroxyl groups is 2. The van der Waals surface area contributed by atoms with Gasteiger partial charge in [0.2, 0.25) is 0 Å². The van der Waals surface area contributed by atoms with Gasteiger partial charge in [0.1, 0.15) is 6.10 Å². The van der Waals surface area contributed by atoms with E-state index in [4.69, 9.17) is 4.74 Å².